The van der Waals surface area contributed by atoms with E-state index in [1.54, 1.807) is 0 Å². The standard InChI is InChI=1S/C13H17ClFNO3S/c1-3-4-5-6-16-13(17)11-7-10(15)8-12(9(11)2)20(14,18)19/h7-8H,3-6H2,1-2H3,(H,16,17). The van der Waals surface area contributed by atoms with Crippen LogP contribution in [-0.4, -0.2) is 20.9 Å². The number of benzene rings is 1. The van der Waals surface area contributed by atoms with Crippen LogP contribution in [0.4, 0.5) is 4.39 Å². The van der Waals surface area contributed by atoms with E-state index in [1.807, 2.05) is 6.92 Å². The molecule has 0 bridgehead atoms. The minimum Gasteiger partial charge on any atom is -0.352 e. The molecule has 1 amide bonds. The summed E-state index contributed by atoms with van der Waals surface area (Å²) in [6, 6.07) is 1.82. The molecule has 4 nitrogen and oxygen atoms in total. The Morgan fingerprint density at radius 2 is 2.00 bits per heavy atom. The summed E-state index contributed by atoms with van der Waals surface area (Å²) in [7, 11) is 1.14. The molecule has 0 spiro atoms. The lowest BCUT2D eigenvalue weighted by molar-refractivity contribution is 0.0951. The Morgan fingerprint density at radius 1 is 1.35 bits per heavy atom. The van der Waals surface area contributed by atoms with Gasteiger partial charge in [-0.3, -0.25) is 4.79 Å². The van der Waals surface area contributed by atoms with E-state index in [9.17, 15) is 17.6 Å². The van der Waals surface area contributed by atoms with Gasteiger partial charge in [-0.1, -0.05) is 19.8 Å². The zero-order valence-corrected chi connectivity index (χ0v) is 12.9. The third-order valence-electron chi connectivity index (χ3n) is 2.90. The molecule has 0 aliphatic rings. The summed E-state index contributed by atoms with van der Waals surface area (Å²) in [5, 5.41) is 2.64. The van der Waals surface area contributed by atoms with Crippen molar-refractivity contribution in [1.82, 2.24) is 5.32 Å². The van der Waals surface area contributed by atoms with Crippen molar-refractivity contribution in [3.8, 4) is 0 Å². The fourth-order valence-electron chi connectivity index (χ4n) is 1.82. The maximum Gasteiger partial charge on any atom is 0.261 e. The highest BCUT2D eigenvalue weighted by Crippen LogP contribution is 2.24. The molecular weight excluding hydrogens is 305 g/mol. The first-order chi connectivity index (χ1) is 9.27. The molecule has 0 aliphatic carbocycles. The summed E-state index contributed by atoms with van der Waals surface area (Å²) in [5.74, 6) is -1.31. The van der Waals surface area contributed by atoms with Crippen LogP contribution < -0.4 is 5.32 Å². The molecule has 1 N–H and O–H groups in total. The molecule has 112 valence electrons. The largest absolute Gasteiger partial charge is 0.352 e. The number of carbonyl (C=O) groups excluding carboxylic acids is 1. The van der Waals surface area contributed by atoms with E-state index in [0.29, 0.717) is 6.54 Å². The average molecular weight is 322 g/mol. The summed E-state index contributed by atoms with van der Waals surface area (Å²) < 4.78 is 36.1. The molecule has 0 unspecified atom stereocenters. The Kier molecular flexibility index (Phi) is 5.95. The lowest BCUT2D eigenvalue weighted by Crippen LogP contribution is -2.25. The Labute approximate surface area is 122 Å². The Hall–Kier alpha value is -1.14. The van der Waals surface area contributed by atoms with Crippen molar-refractivity contribution in [2.75, 3.05) is 6.54 Å². The summed E-state index contributed by atoms with van der Waals surface area (Å²) in [5.41, 5.74) is 0.134. The molecule has 0 saturated carbocycles. The number of hydrogen-bond donors (Lipinski definition) is 1. The van der Waals surface area contributed by atoms with Gasteiger partial charge in [0.15, 0.2) is 0 Å². The molecule has 20 heavy (non-hydrogen) atoms. The molecule has 0 aromatic heterocycles. The second-order valence-corrected chi connectivity index (χ2v) is 7.01. The number of carbonyl (C=O) groups is 1. The van der Waals surface area contributed by atoms with Gasteiger partial charge >= 0.3 is 0 Å². The van der Waals surface area contributed by atoms with Crippen molar-refractivity contribution in [3.63, 3.8) is 0 Å². The van der Waals surface area contributed by atoms with Crippen LogP contribution in [0.25, 0.3) is 0 Å². The van der Waals surface area contributed by atoms with Crippen LogP contribution in [0, 0.1) is 12.7 Å². The van der Waals surface area contributed by atoms with Crippen LogP contribution in [0.3, 0.4) is 0 Å². The minimum atomic E-state index is -4.09. The van der Waals surface area contributed by atoms with Gasteiger partial charge in [-0.15, -0.1) is 0 Å². The van der Waals surface area contributed by atoms with E-state index in [1.165, 1.54) is 6.92 Å². The van der Waals surface area contributed by atoms with Gasteiger partial charge in [0.05, 0.1) is 4.90 Å². The lowest BCUT2D eigenvalue weighted by Gasteiger charge is -2.10. The van der Waals surface area contributed by atoms with Crippen molar-refractivity contribution in [1.29, 1.82) is 0 Å². The van der Waals surface area contributed by atoms with Crippen LogP contribution in [0.5, 0.6) is 0 Å². The Morgan fingerprint density at radius 3 is 2.55 bits per heavy atom. The maximum absolute atomic E-state index is 13.4. The summed E-state index contributed by atoms with van der Waals surface area (Å²) in [6.07, 6.45) is 2.81. The van der Waals surface area contributed by atoms with Crippen molar-refractivity contribution < 1.29 is 17.6 Å². The maximum atomic E-state index is 13.4. The van der Waals surface area contributed by atoms with Crippen molar-refractivity contribution in [2.45, 2.75) is 38.0 Å². The van der Waals surface area contributed by atoms with E-state index in [0.717, 1.165) is 31.4 Å². The number of nitrogens with one attached hydrogen (secondary N) is 1. The second-order valence-electron chi connectivity index (χ2n) is 4.48. The van der Waals surface area contributed by atoms with Crippen LogP contribution in [0.2, 0.25) is 0 Å². The van der Waals surface area contributed by atoms with E-state index in [4.69, 9.17) is 10.7 Å². The first-order valence-corrected chi connectivity index (χ1v) is 8.61. The third kappa shape index (κ3) is 4.45. The van der Waals surface area contributed by atoms with E-state index >= 15 is 0 Å². The number of unbranched alkanes of at least 4 members (excludes halogenated alkanes) is 2. The van der Waals surface area contributed by atoms with Crippen molar-refractivity contribution in [3.05, 3.63) is 29.1 Å². The smallest absolute Gasteiger partial charge is 0.261 e. The van der Waals surface area contributed by atoms with Gasteiger partial charge in [-0.05, 0) is 31.0 Å². The summed E-state index contributed by atoms with van der Waals surface area (Å²) in [4.78, 5) is 11.6. The lowest BCUT2D eigenvalue weighted by atomic mass is 10.1. The van der Waals surface area contributed by atoms with E-state index in [2.05, 4.69) is 5.32 Å². The van der Waals surface area contributed by atoms with Crippen LogP contribution in [0.1, 0.15) is 42.1 Å². The fourth-order valence-corrected chi connectivity index (χ4v) is 3.03. The molecule has 1 aromatic rings. The molecule has 0 saturated heterocycles. The zero-order valence-electron chi connectivity index (χ0n) is 11.4. The molecule has 1 rings (SSSR count). The number of halogens is 2. The van der Waals surface area contributed by atoms with Gasteiger partial charge in [0.2, 0.25) is 0 Å². The topological polar surface area (TPSA) is 63.2 Å². The van der Waals surface area contributed by atoms with Gasteiger partial charge in [0, 0.05) is 22.8 Å². The SMILES string of the molecule is CCCCCNC(=O)c1cc(F)cc(S(=O)(=O)Cl)c1C. The van der Waals surface area contributed by atoms with Crippen molar-refractivity contribution >= 4 is 25.6 Å². The Bertz CT molecular complexity index is 602. The predicted octanol–water partition coefficient (Wildman–Crippen LogP) is 2.98. The summed E-state index contributed by atoms with van der Waals surface area (Å²) in [6.45, 7) is 3.93. The van der Waals surface area contributed by atoms with Crippen molar-refractivity contribution in [2.24, 2.45) is 0 Å². The van der Waals surface area contributed by atoms with E-state index in [-0.39, 0.29) is 16.0 Å². The summed E-state index contributed by atoms with van der Waals surface area (Å²) >= 11 is 0. The molecule has 0 aliphatic heterocycles. The number of hydrogen-bond acceptors (Lipinski definition) is 3. The average Bonchev–Trinajstić information content (AvgIpc) is 2.35. The van der Waals surface area contributed by atoms with Crippen LogP contribution in [0.15, 0.2) is 17.0 Å². The number of rotatable bonds is 6. The molecule has 0 heterocycles. The molecule has 1 aromatic carbocycles. The highest BCUT2D eigenvalue weighted by atomic mass is 35.7. The second kappa shape index (κ2) is 7.04. The zero-order chi connectivity index (χ0) is 15.3. The van der Waals surface area contributed by atoms with Gasteiger partial charge in [0.1, 0.15) is 5.82 Å². The predicted molar refractivity (Wildman–Crippen MR) is 76.0 cm³/mol. The third-order valence-corrected chi connectivity index (χ3v) is 4.35. The van der Waals surface area contributed by atoms with E-state index < -0.39 is 20.8 Å². The minimum absolute atomic E-state index is 0.0132. The molecule has 0 fully saturated rings. The highest BCUT2D eigenvalue weighted by Gasteiger charge is 2.20. The molecular formula is C13H17ClFNO3S. The highest BCUT2D eigenvalue weighted by molar-refractivity contribution is 8.13. The van der Waals surface area contributed by atoms with Gasteiger partial charge < -0.3 is 5.32 Å². The first kappa shape index (κ1) is 16.9. The molecule has 0 radical (unpaired) electrons. The fraction of sp³-hybridized carbons (Fsp3) is 0.462. The van der Waals surface area contributed by atoms with Crippen LogP contribution in [-0.2, 0) is 9.05 Å². The normalized spacial score (nSPS) is 11.4. The quantitative estimate of drug-likeness (QED) is 0.647. The van der Waals surface area contributed by atoms with Crippen LogP contribution >= 0.6 is 10.7 Å². The van der Waals surface area contributed by atoms with Gasteiger partial charge in [0.25, 0.3) is 15.0 Å². The Balaban J connectivity index is 3.01. The molecule has 7 heteroatoms. The molecule has 0 atom stereocenters. The number of amides is 1. The van der Waals surface area contributed by atoms with Gasteiger partial charge in [-0.25, -0.2) is 12.8 Å². The first-order valence-electron chi connectivity index (χ1n) is 6.30. The van der Waals surface area contributed by atoms with Gasteiger partial charge in [-0.2, -0.15) is 0 Å². The monoisotopic (exact) mass is 321 g/mol.